The number of hydrogen-bond acceptors (Lipinski definition) is 5. The molecule has 3 N–H and O–H groups in total. The summed E-state index contributed by atoms with van der Waals surface area (Å²) in [7, 11) is -1.30. The van der Waals surface area contributed by atoms with E-state index in [-0.39, 0.29) is 35.8 Å². The third-order valence-corrected chi connectivity index (χ3v) is 4.52. The fourth-order valence-electron chi connectivity index (χ4n) is 1.80. The van der Waals surface area contributed by atoms with Crippen LogP contribution in [-0.2, 0) is 9.84 Å². The van der Waals surface area contributed by atoms with Crippen LogP contribution < -0.4 is 16.0 Å². The van der Waals surface area contributed by atoms with E-state index in [9.17, 15) is 8.42 Å². The van der Waals surface area contributed by atoms with Crippen LogP contribution in [-0.4, -0.2) is 57.5 Å². The van der Waals surface area contributed by atoms with Gasteiger partial charge in [-0.1, -0.05) is 23.2 Å². The van der Waals surface area contributed by atoms with Crippen molar-refractivity contribution in [1.82, 2.24) is 15.6 Å². The number of nitrogens with one attached hydrogen (secondary N) is 3. The van der Waals surface area contributed by atoms with E-state index in [4.69, 9.17) is 23.2 Å². The minimum Gasteiger partial charge on any atom is -0.367 e. The van der Waals surface area contributed by atoms with Crippen LogP contribution in [0.5, 0.6) is 0 Å². The number of halogens is 3. The van der Waals surface area contributed by atoms with E-state index in [0.29, 0.717) is 41.3 Å². The first-order chi connectivity index (χ1) is 11.2. The van der Waals surface area contributed by atoms with Gasteiger partial charge in [0.2, 0.25) is 0 Å². The fraction of sp³-hybridized carbons (Fsp3) is 0.571. The molecule has 1 unspecified atom stereocenters. The number of pyridine rings is 1. The lowest BCUT2D eigenvalue weighted by molar-refractivity contribution is 0.581. The summed E-state index contributed by atoms with van der Waals surface area (Å²) in [6.07, 6.45) is 3.27. The summed E-state index contributed by atoms with van der Waals surface area (Å²) in [5, 5.41) is 10.3. The van der Waals surface area contributed by atoms with Crippen LogP contribution in [0.1, 0.15) is 13.3 Å². The van der Waals surface area contributed by atoms with Gasteiger partial charge in [0.15, 0.2) is 5.96 Å². The van der Waals surface area contributed by atoms with E-state index in [1.165, 1.54) is 12.5 Å². The monoisotopic (exact) mass is 523 g/mol. The smallest absolute Gasteiger partial charge is 0.191 e. The summed E-state index contributed by atoms with van der Waals surface area (Å²) >= 11 is 11.8. The van der Waals surface area contributed by atoms with Crippen molar-refractivity contribution in [3.63, 3.8) is 0 Å². The van der Waals surface area contributed by atoms with Gasteiger partial charge in [-0.3, -0.25) is 4.99 Å². The van der Waals surface area contributed by atoms with Gasteiger partial charge in [0.05, 0.1) is 15.8 Å². The standard InChI is InChI=1S/C14H23Cl2N5O2S.HI/c1-10(4-7-24(3,22)23)21-14(17-2)19-6-5-18-13-12(16)8-11(15)9-20-13;/h8-10H,4-7H2,1-3H3,(H,18,20)(H2,17,19,21);1H. The first-order valence-electron chi connectivity index (χ1n) is 7.41. The lowest BCUT2D eigenvalue weighted by Gasteiger charge is -2.18. The summed E-state index contributed by atoms with van der Waals surface area (Å²) in [6, 6.07) is 1.61. The summed E-state index contributed by atoms with van der Waals surface area (Å²) in [5.74, 6) is 1.31. The summed E-state index contributed by atoms with van der Waals surface area (Å²) in [6.45, 7) is 3.07. The molecule has 11 heteroatoms. The molecule has 0 fully saturated rings. The maximum absolute atomic E-state index is 11.2. The van der Waals surface area contributed by atoms with Gasteiger partial charge in [0, 0.05) is 38.6 Å². The van der Waals surface area contributed by atoms with Gasteiger partial charge in [-0.2, -0.15) is 0 Å². The van der Waals surface area contributed by atoms with Crippen molar-refractivity contribution in [3.05, 3.63) is 22.3 Å². The van der Waals surface area contributed by atoms with Crippen molar-refractivity contribution in [2.45, 2.75) is 19.4 Å². The second kappa shape index (κ2) is 12.0. The van der Waals surface area contributed by atoms with Gasteiger partial charge in [-0.15, -0.1) is 24.0 Å². The molecule has 0 radical (unpaired) electrons. The number of aliphatic imine (C=N–C) groups is 1. The number of hydrogen-bond donors (Lipinski definition) is 3. The summed E-state index contributed by atoms with van der Waals surface area (Å²) in [4.78, 5) is 8.21. The lowest BCUT2D eigenvalue weighted by Crippen LogP contribution is -2.44. The number of anilines is 1. The second-order valence-corrected chi connectivity index (χ2v) is 8.48. The summed E-state index contributed by atoms with van der Waals surface area (Å²) in [5.41, 5.74) is 0. The Morgan fingerprint density at radius 3 is 2.60 bits per heavy atom. The highest BCUT2D eigenvalue weighted by atomic mass is 127. The molecule has 1 atom stereocenters. The average molecular weight is 524 g/mol. The topological polar surface area (TPSA) is 95.5 Å². The Kier molecular flexibility index (Phi) is 11.7. The maximum Gasteiger partial charge on any atom is 0.191 e. The molecule has 0 aliphatic carbocycles. The molecule has 1 heterocycles. The Morgan fingerprint density at radius 1 is 1.36 bits per heavy atom. The molecular weight excluding hydrogens is 500 g/mol. The van der Waals surface area contributed by atoms with Crippen LogP contribution in [0.2, 0.25) is 10.0 Å². The number of rotatable bonds is 8. The van der Waals surface area contributed by atoms with Crippen molar-refractivity contribution < 1.29 is 8.42 Å². The Labute approximate surface area is 176 Å². The second-order valence-electron chi connectivity index (χ2n) is 5.37. The van der Waals surface area contributed by atoms with E-state index >= 15 is 0 Å². The molecule has 0 saturated heterocycles. The highest BCUT2D eigenvalue weighted by Gasteiger charge is 2.09. The van der Waals surface area contributed by atoms with Gasteiger partial charge >= 0.3 is 0 Å². The van der Waals surface area contributed by atoms with Crippen LogP contribution >= 0.6 is 47.2 Å². The maximum atomic E-state index is 11.2. The Morgan fingerprint density at radius 2 is 2.04 bits per heavy atom. The van der Waals surface area contributed by atoms with Crippen LogP contribution in [0.4, 0.5) is 5.82 Å². The van der Waals surface area contributed by atoms with Gasteiger partial charge in [0.25, 0.3) is 0 Å². The van der Waals surface area contributed by atoms with Crippen LogP contribution in [0.25, 0.3) is 0 Å². The quantitative estimate of drug-likeness (QED) is 0.209. The fourth-order valence-corrected chi connectivity index (χ4v) is 3.03. The summed E-state index contributed by atoms with van der Waals surface area (Å²) < 4.78 is 22.4. The van der Waals surface area contributed by atoms with E-state index in [0.717, 1.165) is 0 Å². The van der Waals surface area contributed by atoms with Crippen LogP contribution in [0, 0.1) is 0 Å². The molecule has 0 bridgehead atoms. The minimum atomic E-state index is -2.96. The van der Waals surface area contributed by atoms with E-state index in [1.54, 1.807) is 13.1 Å². The molecule has 0 saturated carbocycles. The molecule has 1 aromatic heterocycles. The zero-order valence-electron chi connectivity index (χ0n) is 14.3. The largest absolute Gasteiger partial charge is 0.367 e. The molecule has 144 valence electrons. The molecule has 0 aliphatic heterocycles. The van der Waals surface area contributed by atoms with Crippen molar-refractivity contribution in [3.8, 4) is 0 Å². The van der Waals surface area contributed by atoms with Crippen molar-refractivity contribution in [2.24, 2.45) is 4.99 Å². The van der Waals surface area contributed by atoms with Crippen LogP contribution in [0.15, 0.2) is 17.3 Å². The van der Waals surface area contributed by atoms with E-state index < -0.39 is 9.84 Å². The van der Waals surface area contributed by atoms with E-state index in [2.05, 4.69) is 25.9 Å². The molecular formula is C14H24Cl2IN5O2S. The molecule has 25 heavy (non-hydrogen) atoms. The zero-order valence-corrected chi connectivity index (χ0v) is 19.0. The Balaban J connectivity index is 0.00000576. The molecule has 0 amide bonds. The third kappa shape index (κ3) is 10.9. The highest BCUT2D eigenvalue weighted by Crippen LogP contribution is 2.21. The number of aromatic nitrogens is 1. The van der Waals surface area contributed by atoms with Crippen molar-refractivity contribution in [1.29, 1.82) is 0 Å². The third-order valence-electron chi connectivity index (χ3n) is 3.05. The van der Waals surface area contributed by atoms with Crippen LogP contribution in [0.3, 0.4) is 0 Å². The minimum absolute atomic E-state index is 0. The van der Waals surface area contributed by atoms with Gasteiger partial charge in [-0.25, -0.2) is 13.4 Å². The molecule has 0 spiro atoms. The first kappa shape index (κ1) is 24.5. The predicted octanol–water partition coefficient (Wildman–Crippen LogP) is 2.41. The first-order valence-corrected chi connectivity index (χ1v) is 10.2. The molecule has 1 rings (SSSR count). The zero-order chi connectivity index (χ0) is 18.2. The SMILES string of the molecule is CN=C(NCCNc1ncc(Cl)cc1Cl)NC(C)CCS(C)(=O)=O.I. The van der Waals surface area contributed by atoms with E-state index in [1.807, 2.05) is 6.92 Å². The average Bonchev–Trinajstić information content (AvgIpc) is 2.49. The highest BCUT2D eigenvalue weighted by molar-refractivity contribution is 14.0. The molecule has 0 aliphatic rings. The van der Waals surface area contributed by atoms with Gasteiger partial charge < -0.3 is 16.0 Å². The molecule has 0 aromatic carbocycles. The number of sulfone groups is 1. The number of guanidine groups is 1. The number of nitrogens with zero attached hydrogens (tertiary/aromatic N) is 2. The molecule has 7 nitrogen and oxygen atoms in total. The van der Waals surface area contributed by atoms with Crippen molar-refractivity contribution in [2.75, 3.05) is 37.5 Å². The Bertz CT molecular complexity index is 673. The van der Waals surface area contributed by atoms with Crippen molar-refractivity contribution >= 4 is 68.8 Å². The lowest BCUT2D eigenvalue weighted by atomic mass is 10.3. The normalized spacial score (nSPS) is 12.9. The van der Waals surface area contributed by atoms with Gasteiger partial charge in [-0.05, 0) is 19.4 Å². The predicted molar refractivity (Wildman–Crippen MR) is 116 cm³/mol. The Hall–Kier alpha value is -0.520. The van der Waals surface area contributed by atoms with Gasteiger partial charge in [0.1, 0.15) is 15.7 Å². The molecule has 1 aromatic rings.